The molecule has 18 heavy (non-hydrogen) atoms. The van der Waals surface area contributed by atoms with Crippen LogP contribution < -0.4 is 5.32 Å². The number of nitrogens with one attached hydrogen (secondary N) is 1. The van der Waals surface area contributed by atoms with E-state index in [-0.39, 0.29) is 5.91 Å². The maximum atomic E-state index is 11.7. The molecule has 1 fully saturated rings. The Labute approximate surface area is 115 Å². The summed E-state index contributed by atoms with van der Waals surface area (Å²) >= 11 is 3.18. The summed E-state index contributed by atoms with van der Waals surface area (Å²) in [6, 6.07) is 1.64. The van der Waals surface area contributed by atoms with E-state index in [9.17, 15) is 4.79 Å². The van der Waals surface area contributed by atoms with Crippen LogP contribution in [0.1, 0.15) is 42.5 Å². The van der Waals surface area contributed by atoms with Crippen molar-refractivity contribution in [1.82, 2.24) is 5.32 Å². The monoisotopic (exact) mass is 315 g/mol. The highest BCUT2D eigenvalue weighted by molar-refractivity contribution is 9.10. The summed E-state index contributed by atoms with van der Waals surface area (Å²) in [5.41, 5.74) is 0.521. The van der Waals surface area contributed by atoms with Crippen molar-refractivity contribution in [1.29, 1.82) is 0 Å². The maximum absolute atomic E-state index is 11.7. The molecule has 5 heteroatoms. The normalized spacial score (nSPS) is 16.7. The molecule has 2 rings (SSSR count). The Kier molecular flexibility index (Phi) is 5.26. The first-order chi connectivity index (χ1) is 8.77. The predicted molar refractivity (Wildman–Crippen MR) is 71.6 cm³/mol. The zero-order valence-electron chi connectivity index (χ0n) is 10.3. The number of furan rings is 1. The summed E-state index contributed by atoms with van der Waals surface area (Å²) in [7, 11) is 0. The smallest absolute Gasteiger partial charge is 0.255 e. The van der Waals surface area contributed by atoms with Crippen LogP contribution in [0, 0.1) is 0 Å². The maximum Gasteiger partial charge on any atom is 0.255 e. The number of halogens is 1. The van der Waals surface area contributed by atoms with Gasteiger partial charge in [0.05, 0.1) is 24.5 Å². The second-order valence-electron chi connectivity index (χ2n) is 4.49. The Balaban J connectivity index is 1.63. The Hall–Kier alpha value is -0.810. The molecular formula is C13H18BrNO3. The molecular weight excluding hydrogens is 298 g/mol. The summed E-state index contributed by atoms with van der Waals surface area (Å²) in [6.45, 7) is 1.11. The quantitative estimate of drug-likeness (QED) is 0.849. The van der Waals surface area contributed by atoms with Gasteiger partial charge in [-0.1, -0.05) is 19.3 Å². The largest absolute Gasteiger partial charge is 0.457 e. The zero-order chi connectivity index (χ0) is 12.8. The van der Waals surface area contributed by atoms with Gasteiger partial charge < -0.3 is 14.5 Å². The minimum Gasteiger partial charge on any atom is -0.457 e. The summed E-state index contributed by atoms with van der Waals surface area (Å²) < 4.78 is 11.2. The number of hydrogen-bond acceptors (Lipinski definition) is 3. The Morgan fingerprint density at radius 3 is 2.89 bits per heavy atom. The van der Waals surface area contributed by atoms with Gasteiger partial charge in [-0.25, -0.2) is 0 Å². The van der Waals surface area contributed by atoms with Gasteiger partial charge in [0.1, 0.15) is 0 Å². The van der Waals surface area contributed by atoms with Crippen molar-refractivity contribution in [2.75, 3.05) is 13.2 Å². The number of amides is 1. The van der Waals surface area contributed by atoms with E-state index in [4.69, 9.17) is 9.15 Å². The lowest BCUT2D eigenvalue weighted by Gasteiger charge is -2.21. The summed E-state index contributed by atoms with van der Waals surface area (Å²) in [6.07, 6.45) is 8.03. The molecule has 0 atom stereocenters. The highest BCUT2D eigenvalue weighted by atomic mass is 79.9. The molecule has 0 spiro atoms. The number of hydrogen-bond donors (Lipinski definition) is 1. The molecule has 1 amide bonds. The van der Waals surface area contributed by atoms with Gasteiger partial charge in [0.2, 0.25) is 0 Å². The minimum absolute atomic E-state index is 0.136. The third kappa shape index (κ3) is 3.85. The molecule has 1 aromatic rings. The van der Waals surface area contributed by atoms with Gasteiger partial charge in [-0.15, -0.1) is 0 Å². The van der Waals surface area contributed by atoms with E-state index < -0.39 is 0 Å². The van der Waals surface area contributed by atoms with Gasteiger partial charge >= 0.3 is 0 Å². The molecule has 0 radical (unpaired) electrons. The topological polar surface area (TPSA) is 51.5 Å². The first-order valence-corrected chi connectivity index (χ1v) is 7.19. The lowest BCUT2D eigenvalue weighted by atomic mass is 9.98. The van der Waals surface area contributed by atoms with Crippen LogP contribution in [0.25, 0.3) is 0 Å². The summed E-state index contributed by atoms with van der Waals surface area (Å²) in [4.78, 5) is 11.7. The van der Waals surface area contributed by atoms with E-state index in [1.165, 1.54) is 25.5 Å². The molecule has 1 heterocycles. The molecule has 0 aliphatic heterocycles. The van der Waals surface area contributed by atoms with Gasteiger partial charge in [0.15, 0.2) is 4.67 Å². The lowest BCUT2D eigenvalue weighted by molar-refractivity contribution is 0.0299. The molecule has 1 saturated carbocycles. The fourth-order valence-electron chi connectivity index (χ4n) is 2.17. The molecule has 1 aliphatic carbocycles. The highest BCUT2D eigenvalue weighted by Crippen LogP contribution is 2.20. The third-order valence-corrected chi connectivity index (χ3v) is 3.77. The number of rotatable bonds is 5. The minimum atomic E-state index is -0.136. The van der Waals surface area contributed by atoms with Gasteiger partial charge in [0.25, 0.3) is 5.91 Å². The first kappa shape index (κ1) is 13.6. The van der Waals surface area contributed by atoms with Crippen LogP contribution >= 0.6 is 15.9 Å². The predicted octanol–water partition coefficient (Wildman–Crippen LogP) is 3.12. The summed E-state index contributed by atoms with van der Waals surface area (Å²) in [5, 5.41) is 2.81. The van der Waals surface area contributed by atoms with E-state index >= 15 is 0 Å². The SMILES string of the molecule is O=C(NCCOC1CCCCC1)c1ccoc1Br. The molecule has 0 saturated heterocycles. The van der Waals surface area contributed by atoms with Crippen molar-refractivity contribution in [2.24, 2.45) is 0 Å². The van der Waals surface area contributed by atoms with Gasteiger partial charge in [0, 0.05) is 6.54 Å². The number of ether oxygens (including phenoxy) is 1. The number of carbonyl (C=O) groups is 1. The van der Waals surface area contributed by atoms with Crippen LogP contribution in [0.15, 0.2) is 21.4 Å². The molecule has 1 aliphatic rings. The Bertz CT molecular complexity index is 385. The fourth-order valence-corrected chi connectivity index (χ4v) is 2.59. The van der Waals surface area contributed by atoms with Crippen molar-refractivity contribution >= 4 is 21.8 Å². The molecule has 4 nitrogen and oxygen atoms in total. The van der Waals surface area contributed by atoms with Crippen LogP contribution in [0.3, 0.4) is 0 Å². The van der Waals surface area contributed by atoms with E-state index in [1.807, 2.05) is 0 Å². The van der Waals surface area contributed by atoms with Crippen molar-refractivity contribution < 1.29 is 13.9 Å². The van der Waals surface area contributed by atoms with Gasteiger partial charge in [-0.3, -0.25) is 4.79 Å². The van der Waals surface area contributed by atoms with Gasteiger partial charge in [-0.2, -0.15) is 0 Å². The average Bonchev–Trinajstić information content (AvgIpc) is 2.82. The summed E-state index contributed by atoms with van der Waals surface area (Å²) in [5.74, 6) is -0.136. The first-order valence-electron chi connectivity index (χ1n) is 6.40. The lowest BCUT2D eigenvalue weighted by Crippen LogP contribution is -2.29. The van der Waals surface area contributed by atoms with E-state index in [1.54, 1.807) is 6.07 Å². The van der Waals surface area contributed by atoms with Gasteiger partial charge in [-0.05, 0) is 34.8 Å². The average molecular weight is 316 g/mol. The second-order valence-corrected chi connectivity index (χ2v) is 5.21. The molecule has 0 bridgehead atoms. The highest BCUT2D eigenvalue weighted by Gasteiger charge is 2.14. The van der Waals surface area contributed by atoms with Crippen molar-refractivity contribution in [3.05, 3.63) is 22.6 Å². The third-order valence-electron chi connectivity index (χ3n) is 3.16. The standard InChI is InChI=1S/C13H18BrNO3/c14-12-11(6-8-18-12)13(16)15-7-9-17-10-4-2-1-3-5-10/h6,8,10H,1-5,7,9H2,(H,15,16). The molecule has 0 aromatic carbocycles. The molecule has 1 aromatic heterocycles. The van der Waals surface area contributed by atoms with Crippen LogP contribution in [-0.2, 0) is 4.74 Å². The van der Waals surface area contributed by atoms with E-state index in [0.717, 1.165) is 12.8 Å². The van der Waals surface area contributed by atoms with Crippen LogP contribution in [-0.4, -0.2) is 25.2 Å². The zero-order valence-corrected chi connectivity index (χ0v) is 11.9. The molecule has 100 valence electrons. The van der Waals surface area contributed by atoms with Crippen molar-refractivity contribution in [2.45, 2.75) is 38.2 Å². The Morgan fingerprint density at radius 1 is 1.44 bits per heavy atom. The van der Waals surface area contributed by atoms with Crippen LogP contribution in [0.5, 0.6) is 0 Å². The second kappa shape index (κ2) is 6.95. The van der Waals surface area contributed by atoms with Crippen LogP contribution in [0.2, 0.25) is 0 Å². The van der Waals surface area contributed by atoms with Crippen LogP contribution in [0.4, 0.5) is 0 Å². The molecule has 1 N–H and O–H groups in total. The van der Waals surface area contributed by atoms with Crippen molar-refractivity contribution in [3.63, 3.8) is 0 Å². The Morgan fingerprint density at radius 2 is 2.22 bits per heavy atom. The van der Waals surface area contributed by atoms with E-state index in [2.05, 4.69) is 21.2 Å². The van der Waals surface area contributed by atoms with Crippen molar-refractivity contribution in [3.8, 4) is 0 Å². The fraction of sp³-hybridized carbons (Fsp3) is 0.615. The number of carbonyl (C=O) groups excluding carboxylic acids is 1. The van der Waals surface area contributed by atoms with E-state index in [0.29, 0.717) is 29.5 Å². The molecule has 0 unspecified atom stereocenters.